The van der Waals surface area contributed by atoms with E-state index in [4.69, 9.17) is 21.2 Å². The lowest BCUT2D eigenvalue weighted by molar-refractivity contribution is -0.274. The van der Waals surface area contributed by atoms with Crippen molar-refractivity contribution in [2.24, 2.45) is 4.99 Å². The number of piperidine rings is 1. The van der Waals surface area contributed by atoms with Crippen molar-refractivity contribution >= 4 is 29.0 Å². The average molecular weight is 499 g/mol. The Bertz CT molecular complexity index is 1070. The predicted octanol–water partition coefficient (Wildman–Crippen LogP) is 3.96. The smallest absolute Gasteiger partial charge is 0.495 e. The third-order valence-corrected chi connectivity index (χ3v) is 5.69. The first kappa shape index (κ1) is 24.1. The lowest BCUT2D eigenvalue weighted by Gasteiger charge is -2.35. The van der Waals surface area contributed by atoms with Crippen molar-refractivity contribution in [3.63, 3.8) is 0 Å². The molecule has 0 atom stereocenters. The van der Waals surface area contributed by atoms with E-state index < -0.39 is 12.1 Å². The van der Waals surface area contributed by atoms with Gasteiger partial charge in [0.1, 0.15) is 11.5 Å². The van der Waals surface area contributed by atoms with Crippen LogP contribution in [0.1, 0.15) is 18.4 Å². The third kappa shape index (κ3) is 5.91. The zero-order valence-corrected chi connectivity index (χ0v) is 18.9. The minimum absolute atomic E-state index is 0.177. The van der Waals surface area contributed by atoms with Gasteiger partial charge in [0.15, 0.2) is 11.6 Å². The number of benzene rings is 2. The minimum atomic E-state index is -4.75. The van der Waals surface area contributed by atoms with Crippen LogP contribution >= 0.6 is 11.6 Å². The molecule has 4 rings (SSSR count). The van der Waals surface area contributed by atoms with Crippen LogP contribution in [0.5, 0.6) is 11.5 Å². The summed E-state index contributed by atoms with van der Waals surface area (Å²) in [6, 6.07) is 10.4. The van der Waals surface area contributed by atoms with Crippen LogP contribution in [0.3, 0.4) is 0 Å². The van der Waals surface area contributed by atoms with E-state index in [0.29, 0.717) is 53.8 Å². The molecular formula is C22H22ClF3N4O4. The van der Waals surface area contributed by atoms with Crippen LogP contribution in [-0.4, -0.2) is 55.5 Å². The maximum Gasteiger partial charge on any atom is 0.573 e. The highest BCUT2D eigenvalue weighted by Crippen LogP contribution is 2.32. The number of hydrogen-bond donors (Lipinski definition) is 2. The van der Waals surface area contributed by atoms with Crippen LogP contribution in [-0.2, 0) is 9.63 Å². The molecule has 2 aromatic rings. The molecule has 0 aromatic heterocycles. The molecule has 8 nitrogen and oxygen atoms in total. The van der Waals surface area contributed by atoms with Gasteiger partial charge in [0.25, 0.3) is 0 Å². The van der Waals surface area contributed by atoms with Gasteiger partial charge in [0.05, 0.1) is 19.3 Å². The van der Waals surface area contributed by atoms with Gasteiger partial charge in [-0.05, 0) is 42.5 Å². The Morgan fingerprint density at radius 2 is 1.94 bits per heavy atom. The summed E-state index contributed by atoms with van der Waals surface area (Å²) in [6.45, 7) is 1.31. The van der Waals surface area contributed by atoms with Crippen LogP contribution in [0.4, 0.5) is 18.9 Å². The zero-order chi connectivity index (χ0) is 24.3. The number of carbonyl (C=O) groups is 1. The van der Waals surface area contributed by atoms with Gasteiger partial charge < -0.3 is 14.8 Å². The van der Waals surface area contributed by atoms with Gasteiger partial charge in [-0.25, -0.2) is 15.3 Å². The van der Waals surface area contributed by atoms with Crippen molar-refractivity contribution in [2.75, 3.05) is 32.1 Å². The van der Waals surface area contributed by atoms with Crippen molar-refractivity contribution in [2.45, 2.75) is 24.9 Å². The lowest BCUT2D eigenvalue weighted by Crippen LogP contribution is -2.46. The average Bonchev–Trinajstić information content (AvgIpc) is 3.19. The summed E-state index contributed by atoms with van der Waals surface area (Å²) in [7, 11) is 1.51. The molecule has 34 heavy (non-hydrogen) atoms. The van der Waals surface area contributed by atoms with Crippen LogP contribution in [0.25, 0.3) is 0 Å². The number of halogens is 4. The second-order valence-corrected chi connectivity index (χ2v) is 8.29. The van der Waals surface area contributed by atoms with E-state index in [2.05, 4.69) is 20.5 Å². The summed E-state index contributed by atoms with van der Waals surface area (Å²) < 4.78 is 46.1. The van der Waals surface area contributed by atoms with E-state index in [1.165, 1.54) is 31.4 Å². The van der Waals surface area contributed by atoms with Gasteiger partial charge in [0.2, 0.25) is 5.91 Å². The molecule has 0 unspecified atom stereocenters. The molecule has 2 N–H and O–H groups in total. The number of methoxy groups -OCH3 is 1. The van der Waals surface area contributed by atoms with Crippen molar-refractivity contribution in [1.82, 2.24) is 10.4 Å². The number of hydroxylamine groups is 1. The van der Waals surface area contributed by atoms with Gasteiger partial charge in [0, 0.05) is 36.5 Å². The highest BCUT2D eigenvalue weighted by molar-refractivity contribution is 6.31. The topological polar surface area (TPSA) is 84.4 Å². The fourth-order valence-corrected chi connectivity index (χ4v) is 3.95. The van der Waals surface area contributed by atoms with Gasteiger partial charge in [-0.3, -0.25) is 9.69 Å². The summed E-state index contributed by atoms with van der Waals surface area (Å²) in [5.41, 5.74) is 3.05. The Morgan fingerprint density at radius 1 is 1.24 bits per heavy atom. The number of aliphatic imine (C=N–C) groups is 1. The molecular weight excluding hydrogens is 477 g/mol. The van der Waals surface area contributed by atoms with Crippen LogP contribution in [0, 0.1) is 0 Å². The first-order valence-electron chi connectivity index (χ1n) is 10.4. The van der Waals surface area contributed by atoms with Crippen molar-refractivity contribution in [1.29, 1.82) is 0 Å². The van der Waals surface area contributed by atoms with E-state index in [1.807, 2.05) is 4.90 Å². The van der Waals surface area contributed by atoms with E-state index in [9.17, 15) is 18.0 Å². The van der Waals surface area contributed by atoms with Crippen molar-refractivity contribution < 1.29 is 32.3 Å². The number of amidine groups is 1. The maximum atomic E-state index is 12.5. The molecule has 182 valence electrons. The first-order chi connectivity index (χ1) is 16.1. The van der Waals surface area contributed by atoms with Crippen LogP contribution in [0.15, 0.2) is 47.5 Å². The number of nitrogens with one attached hydrogen (secondary N) is 2. The minimum Gasteiger partial charge on any atom is -0.495 e. The van der Waals surface area contributed by atoms with E-state index in [0.717, 1.165) is 0 Å². The first-order valence-corrected chi connectivity index (χ1v) is 10.8. The monoisotopic (exact) mass is 498 g/mol. The lowest BCUT2D eigenvalue weighted by atomic mass is 10.0. The molecule has 0 saturated carbocycles. The van der Waals surface area contributed by atoms with Gasteiger partial charge in [-0.1, -0.05) is 11.6 Å². The van der Waals surface area contributed by atoms with Crippen LogP contribution < -0.4 is 20.3 Å². The molecule has 1 spiro atoms. The SMILES string of the molecule is COc1ccc(Cl)cc1NC(=O)CN1CCC2(CC1)N=C(c1ccc(OC(F)(F)F)cc1)NO2. The normalized spacial score (nSPS) is 17.7. The third-order valence-electron chi connectivity index (χ3n) is 5.45. The Labute approximate surface area is 198 Å². The van der Waals surface area contributed by atoms with E-state index in [1.54, 1.807) is 18.2 Å². The number of amides is 1. The number of hydrogen-bond acceptors (Lipinski definition) is 7. The fraction of sp³-hybridized carbons (Fsp3) is 0.364. The van der Waals surface area contributed by atoms with E-state index >= 15 is 0 Å². The summed E-state index contributed by atoms with van der Waals surface area (Å²) in [5, 5.41) is 3.30. The van der Waals surface area contributed by atoms with Crippen molar-refractivity contribution in [3.8, 4) is 11.5 Å². The zero-order valence-electron chi connectivity index (χ0n) is 18.1. The molecule has 2 aliphatic heterocycles. The summed E-state index contributed by atoms with van der Waals surface area (Å²) in [6.07, 6.45) is -3.68. The quantitative estimate of drug-likeness (QED) is 0.627. The van der Waals surface area contributed by atoms with Crippen LogP contribution in [0.2, 0.25) is 5.02 Å². The molecule has 0 aliphatic carbocycles. The number of anilines is 1. The second-order valence-electron chi connectivity index (χ2n) is 7.85. The largest absolute Gasteiger partial charge is 0.573 e. The molecule has 0 radical (unpaired) electrons. The second kappa shape index (κ2) is 9.69. The number of rotatable bonds is 6. The number of ether oxygens (including phenoxy) is 2. The Balaban J connectivity index is 1.32. The number of likely N-dealkylation sites (tertiary alicyclic amines) is 1. The maximum absolute atomic E-state index is 12.5. The molecule has 0 bridgehead atoms. The van der Waals surface area contributed by atoms with E-state index in [-0.39, 0.29) is 18.2 Å². The fourth-order valence-electron chi connectivity index (χ4n) is 3.78. The number of nitrogens with zero attached hydrogens (tertiary/aromatic N) is 2. The summed E-state index contributed by atoms with van der Waals surface area (Å²) in [5.74, 6) is 0.429. The highest BCUT2D eigenvalue weighted by atomic mass is 35.5. The molecule has 2 heterocycles. The summed E-state index contributed by atoms with van der Waals surface area (Å²) >= 11 is 6.01. The molecule has 1 amide bonds. The Morgan fingerprint density at radius 3 is 2.59 bits per heavy atom. The summed E-state index contributed by atoms with van der Waals surface area (Å²) in [4.78, 5) is 24.9. The van der Waals surface area contributed by atoms with Crippen molar-refractivity contribution in [3.05, 3.63) is 53.1 Å². The Hall–Kier alpha value is -3.02. The highest BCUT2D eigenvalue weighted by Gasteiger charge is 2.40. The van der Waals surface area contributed by atoms with Gasteiger partial charge in [-0.2, -0.15) is 0 Å². The molecule has 2 aromatic carbocycles. The molecule has 1 fully saturated rings. The molecule has 1 saturated heterocycles. The standard InChI is InChI=1S/C22H22ClF3N4O4/c1-32-18-7-4-15(23)12-17(18)27-19(31)13-30-10-8-21(9-11-30)28-20(29-34-21)14-2-5-16(6-3-14)33-22(24,25)26/h2-7,12H,8-11,13H2,1H3,(H,27,31)(H,28,29). The van der Waals surface area contributed by atoms with Gasteiger partial charge >= 0.3 is 6.36 Å². The number of alkyl halides is 3. The van der Waals surface area contributed by atoms with Gasteiger partial charge in [-0.15, -0.1) is 13.2 Å². The Kier molecular flexibility index (Phi) is 6.87. The molecule has 2 aliphatic rings. The predicted molar refractivity (Wildman–Crippen MR) is 119 cm³/mol. The molecule has 12 heteroatoms. The number of carbonyl (C=O) groups excluding carboxylic acids is 1.